The Morgan fingerprint density at radius 3 is 2.90 bits per heavy atom. The number of aliphatic imine (C=N–C) groups is 1. The molecule has 1 aromatic heterocycles. The molecular weight excluding hydrogens is 392 g/mol. The summed E-state index contributed by atoms with van der Waals surface area (Å²) in [6.45, 7) is 10.1. The standard InChI is InChI=1S/C24H34N4O3/c1-4-12-30-23-20(7-6-11-26-23)16-28-24(25-5-2)27-15-19-9-8-18(3)14-22(19)31-21-10-13-29-17-21/h6-9,11,14,21H,4-5,10,12-13,15-17H2,1-3H3,(H2,25,27,28). The van der Waals surface area contributed by atoms with Gasteiger partial charge in [0.05, 0.1) is 26.4 Å². The molecule has 7 nitrogen and oxygen atoms in total. The predicted octanol–water partition coefficient (Wildman–Crippen LogP) is 3.60. The summed E-state index contributed by atoms with van der Waals surface area (Å²) in [5.74, 6) is 2.29. The van der Waals surface area contributed by atoms with Gasteiger partial charge in [-0.2, -0.15) is 0 Å². The molecule has 0 amide bonds. The van der Waals surface area contributed by atoms with Crippen LogP contribution in [0.3, 0.4) is 0 Å². The van der Waals surface area contributed by atoms with E-state index in [1.807, 2.05) is 12.1 Å². The van der Waals surface area contributed by atoms with Crippen molar-refractivity contribution >= 4 is 5.96 Å². The van der Waals surface area contributed by atoms with Gasteiger partial charge in [-0.3, -0.25) is 0 Å². The molecule has 31 heavy (non-hydrogen) atoms. The Kier molecular flexibility index (Phi) is 8.97. The molecule has 1 aromatic carbocycles. The third-order valence-corrected chi connectivity index (χ3v) is 4.90. The molecule has 0 radical (unpaired) electrons. The SMILES string of the molecule is CCCOc1ncccc1CN=C(NCC)NCc1ccc(C)cc1OC1CCOC1. The summed E-state index contributed by atoms with van der Waals surface area (Å²) in [5.41, 5.74) is 3.24. The van der Waals surface area contributed by atoms with Crippen LogP contribution in [0.25, 0.3) is 0 Å². The summed E-state index contributed by atoms with van der Waals surface area (Å²) >= 11 is 0. The third-order valence-electron chi connectivity index (χ3n) is 4.90. The van der Waals surface area contributed by atoms with Crippen LogP contribution in [0.5, 0.6) is 11.6 Å². The number of rotatable bonds is 10. The molecule has 0 bridgehead atoms. The van der Waals surface area contributed by atoms with Crippen LogP contribution in [-0.2, 0) is 17.8 Å². The zero-order chi connectivity index (χ0) is 21.9. The lowest BCUT2D eigenvalue weighted by molar-refractivity contribution is 0.140. The van der Waals surface area contributed by atoms with E-state index in [0.717, 1.165) is 48.8 Å². The van der Waals surface area contributed by atoms with Crippen LogP contribution in [0.15, 0.2) is 41.5 Å². The van der Waals surface area contributed by atoms with Crippen molar-refractivity contribution in [1.82, 2.24) is 15.6 Å². The van der Waals surface area contributed by atoms with Gasteiger partial charge in [-0.05, 0) is 38.0 Å². The maximum Gasteiger partial charge on any atom is 0.218 e. The average Bonchev–Trinajstić information content (AvgIpc) is 3.29. The Labute approximate surface area is 185 Å². The molecule has 0 aliphatic carbocycles. The Balaban J connectivity index is 1.67. The number of ether oxygens (including phenoxy) is 3. The topological polar surface area (TPSA) is 77.0 Å². The third kappa shape index (κ3) is 7.14. The summed E-state index contributed by atoms with van der Waals surface area (Å²) in [5, 5.41) is 6.73. The highest BCUT2D eigenvalue weighted by atomic mass is 16.5. The van der Waals surface area contributed by atoms with Crippen molar-refractivity contribution in [3.8, 4) is 11.6 Å². The van der Waals surface area contributed by atoms with E-state index >= 15 is 0 Å². The number of hydrogen-bond donors (Lipinski definition) is 2. The van der Waals surface area contributed by atoms with Crippen molar-refractivity contribution in [2.45, 2.75) is 52.8 Å². The molecule has 2 aromatic rings. The number of guanidine groups is 1. The van der Waals surface area contributed by atoms with E-state index in [9.17, 15) is 0 Å². The van der Waals surface area contributed by atoms with Gasteiger partial charge in [0.25, 0.3) is 0 Å². The van der Waals surface area contributed by atoms with Crippen LogP contribution in [-0.4, -0.2) is 43.4 Å². The van der Waals surface area contributed by atoms with Crippen LogP contribution in [0.2, 0.25) is 0 Å². The first-order valence-electron chi connectivity index (χ1n) is 11.1. The Hall–Kier alpha value is -2.80. The maximum atomic E-state index is 6.21. The van der Waals surface area contributed by atoms with E-state index in [0.29, 0.717) is 32.2 Å². The highest BCUT2D eigenvalue weighted by molar-refractivity contribution is 5.79. The number of benzene rings is 1. The minimum absolute atomic E-state index is 0.120. The van der Waals surface area contributed by atoms with E-state index in [-0.39, 0.29) is 6.10 Å². The molecule has 1 atom stereocenters. The van der Waals surface area contributed by atoms with Crippen molar-refractivity contribution in [3.63, 3.8) is 0 Å². The molecule has 3 rings (SSSR count). The van der Waals surface area contributed by atoms with Crippen molar-refractivity contribution in [2.24, 2.45) is 4.99 Å². The minimum atomic E-state index is 0.120. The second-order valence-electron chi connectivity index (χ2n) is 7.58. The van der Waals surface area contributed by atoms with Crippen molar-refractivity contribution in [1.29, 1.82) is 0 Å². The van der Waals surface area contributed by atoms with Gasteiger partial charge in [-0.25, -0.2) is 9.98 Å². The van der Waals surface area contributed by atoms with E-state index in [4.69, 9.17) is 19.2 Å². The van der Waals surface area contributed by atoms with Gasteiger partial charge in [-0.1, -0.05) is 25.1 Å². The molecule has 1 aliphatic heterocycles. The van der Waals surface area contributed by atoms with Crippen LogP contribution in [0, 0.1) is 6.92 Å². The largest absolute Gasteiger partial charge is 0.488 e. The number of pyridine rings is 1. The number of nitrogens with zero attached hydrogens (tertiary/aromatic N) is 2. The number of hydrogen-bond acceptors (Lipinski definition) is 5. The van der Waals surface area contributed by atoms with Gasteiger partial charge in [0.1, 0.15) is 11.9 Å². The minimum Gasteiger partial charge on any atom is -0.488 e. The van der Waals surface area contributed by atoms with Crippen LogP contribution < -0.4 is 20.1 Å². The second-order valence-corrected chi connectivity index (χ2v) is 7.58. The monoisotopic (exact) mass is 426 g/mol. The Bertz CT molecular complexity index is 850. The average molecular weight is 427 g/mol. The first-order valence-corrected chi connectivity index (χ1v) is 11.1. The van der Waals surface area contributed by atoms with E-state index in [1.165, 1.54) is 5.56 Å². The molecule has 1 saturated heterocycles. The maximum absolute atomic E-state index is 6.21. The quantitative estimate of drug-likeness (QED) is 0.447. The molecule has 2 heterocycles. The lowest BCUT2D eigenvalue weighted by Crippen LogP contribution is -2.37. The first kappa shape index (κ1) is 22.9. The van der Waals surface area contributed by atoms with Gasteiger partial charge < -0.3 is 24.8 Å². The van der Waals surface area contributed by atoms with Gasteiger partial charge >= 0.3 is 0 Å². The molecule has 1 fully saturated rings. The normalized spacial score (nSPS) is 16.2. The van der Waals surface area contributed by atoms with E-state index in [1.54, 1.807) is 6.20 Å². The Morgan fingerprint density at radius 1 is 1.23 bits per heavy atom. The second kappa shape index (κ2) is 12.2. The summed E-state index contributed by atoms with van der Waals surface area (Å²) in [6.07, 6.45) is 3.74. The van der Waals surface area contributed by atoms with Gasteiger partial charge in [0.15, 0.2) is 5.96 Å². The smallest absolute Gasteiger partial charge is 0.218 e. The lowest BCUT2D eigenvalue weighted by Gasteiger charge is -2.18. The van der Waals surface area contributed by atoms with Gasteiger partial charge in [0.2, 0.25) is 5.88 Å². The molecular formula is C24H34N4O3. The number of aromatic nitrogens is 1. The summed E-state index contributed by atoms with van der Waals surface area (Å²) < 4.78 is 17.4. The highest BCUT2D eigenvalue weighted by Gasteiger charge is 2.18. The van der Waals surface area contributed by atoms with Crippen LogP contribution in [0.4, 0.5) is 0 Å². The zero-order valence-electron chi connectivity index (χ0n) is 18.8. The van der Waals surface area contributed by atoms with Gasteiger partial charge in [0, 0.05) is 36.8 Å². The van der Waals surface area contributed by atoms with Crippen LogP contribution >= 0.6 is 0 Å². The Morgan fingerprint density at radius 2 is 2.13 bits per heavy atom. The molecule has 168 valence electrons. The molecule has 2 N–H and O–H groups in total. The summed E-state index contributed by atoms with van der Waals surface area (Å²) in [7, 11) is 0. The molecule has 1 unspecified atom stereocenters. The van der Waals surface area contributed by atoms with Crippen molar-refractivity contribution in [3.05, 3.63) is 53.2 Å². The zero-order valence-corrected chi connectivity index (χ0v) is 18.8. The molecule has 1 aliphatic rings. The summed E-state index contributed by atoms with van der Waals surface area (Å²) in [6, 6.07) is 10.2. The number of aryl methyl sites for hydroxylation is 1. The lowest BCUT2D eigenvalue weighted by atomic mass is 10.1. The van der Waals surface area contributed by atoms with Crippen molar-refractivity contribution in [2.75, 3.05) is 26.4 Å². The summed E-state index contributed by atoms with van der Waals surface area (Å²) in [4.78, 5) is 9.07. The molecule has 7 heteroatoms. The fraction of sp³-hybridized carbons (Fsp3) is 0.500. The van der Waals surface area contributed by atoms with Crippen molar-refractivity contribution < 1.29 is 14.2 Å². The van der Waals surface area contributed by atoms with E-state index in [2.05, 4.69) is 54.6 Å². The van der Waals surface area contributed by atoms with E-state index < -0.39 is 0 Å². The number of nitrogens with one attached hydrogen (secondary N) is 2. The molecule has 0 saturated carbocycles. The van der Waals surface area contributed by atoms with Crippen LogP contribution in [0.1, 0.15) is 43.4 Å². The van der Waals surface area contributed by atoms with Gasteiger partial charge in [-0.15, -0.1) is 0 Å². The first-order chi connectivity index (χ1) is 15.2. The molecule has 0 spiro atoms. The predicted molar refractivity (Wildman–Crippen MR) is 123 cm³/mol. The highest BCUT2D eigenvalue weighted by Crippen LogP contribution is 2.24. The fourth-order valence-corrected chi connectivity index (χ4v) is 3.26. The fourth-order valence-electron chi connectivity index (χ4n) is 3.26.